The van der Waals surface area contributed by atoms with Crippen molar-refractivity contribution in [3.63, 3.8) is 0 Å². The highest BCUT2D eigenvalue weighted by atomic mass is 16.5. The normalized spacial score (nSPS) is 19.0. The second-order valence-corrected chi connectivity index (χ2v) is 7.20. The van der Waals surface area contributed by atoms with Crippen molar-refractivity contribution >= 4 is 22.7 Å². The van der Waals surface area contributed by atoms with E-state index in [1.165, 1.54) is 0 Å². The number of carbonyl (C=O) groups is 2. The summed E-state index contributed by atoms with van der Waals surface area (Å²) in [5.74, 6) is 0.456. The Bertz CT molecular complexity index is 975. The molecule has 27 heavy (non-hydrogen) atoms. The van der Waals surface area contributed by atoms with Crippen LogP contribution in [-0.2, 0) is 9.59 Å². The van der Waals surface area contributed by atoms with E-state index in [4.69, 9.17) is 9.47 Å². The van der Waals surface area contributed by atoms with Crippen LogP contribution in [0, 0.1) is 0 Å². The van der Waals surface area contributed by atoms with Gasteiger partial charge < -0.3 is 9.47 Å². The van der Waals surface area contributed by atoms with E-state index in [9.17, 15) is 9.59 Å². The molecule has 2 bridgehead atoms. The maximum Gasteiger partial charge on any atom is 0.338 e. The fourth-order valence-electron chi connectivity index (χ4n) is 3.86. The van der Waals surface area contributed by atoms with Crippen LogP contribution in [0.15, 0.2) is 60.7 Å². The Hall–Kier alpha value is -3.14. The van der Waals surface area contributed by atoms with E-state index in [-0.39, 0.29) is 11.8 Å². The summed E-state index contributed by atoms with van der Waals surface area (Å²) >= 11 is 0. The van der Waals surface area contributed by atoms with E-state index >= 15 is 0 Å². The molecule has 2 aromatic rings. The van der Waals surface area contributed by atoms with Crippen LogP contribution in [0.4, 0.5) is 0 Å². The average Bonchev–Trinajstić information content (AvgIpc) is 3.25. The first-order valence-electron chi connectivity index (χ1n) is 8.90. The molecule has 0 saturated heterocycles. The molecule has 0 aromatic heterocycles. The summed E-state index contributed by atoms with van der Waals surface area (Å²) in [7, 11) is 0. The van der Waals surface area contributed by atoms with Crippen molar-refractivity contribution in [3.8, 4) is 11.5 Å². The first-order chi connectivity index (χ1) is 12.9. The fraction of sp³-hybridized carbons (Fsp3) is 0.217. The van der Waals surface area contributed by atoms with Crippen LogP contribution in [0.2, 0.25) is 0 Å². The van der Waals surface area contributed by atoms with Crippen LogP contribution in [0.5, 0.6) is 11.5 Å². The molecule has 4 rings (SSSR count). The second kappa shape index (κ2) is 6.23. The van der Waals surface area contributed by atoms with E-state index in [0.29, 0.717) is 22.6 Å². The number of hydrogen-bond acceptors (Lipinski definition) is 4. The molecule has 2 atom stereocenters. The van der Waals surface area contributed by atoms with Gasteiger partial charge in [0.2, 0.25) is 0 Å². The van der Waals surface area contributed by atoms with E-state index in [0.717, 1.165) is 28.3 Å². The Kier molecular flexibility index (Phi) is 3.99. The number of esters is 2. The quantitative estimate of drug-likeness (QED) is 0.335. The summed E-state index contributed by atoms with van der Waals surface area (Å²) in [6.07, 6.45) is 5.15. The second-order valence-electron chi connectivity index (χ2n) is 7.20. The molecule has 0 fully saturated rings. The van der Waals surface area contributed by atoms with Crippen LogP contribution in [0.25, 0.3) is 10.8 Å². The van der Waals surface area contributed by atoms with Crippen molar-refractivity contribution < 1.29 is 19.1 Å². The maximum absolute atomic E-state index is 12.3. The Morgan fingerprint density at radius 1 is 0.852 bits per heavy atom. The molecule has 2 aliphatic rings. The largest absolute Gasteiger partial charge is 0.422 e. The Morgan fingerprint density at radius 3 is 1.63 bits per heavy atom. The van der Waals surface area contributed by atoms with E-state index < -0.39 is 11.9 Å². The molecule has 0 spiro atoms. The molecule has 0 aliphatic heterocycles. The molecule has 136 valence electrons. The summed E-state index contributed by atoms with van der Waals surface area (Å²) in [5, 5.41) is 1.49. The van der Waals surface area contributed by atoms with E-state index in [1.807, 2.05) is 24.3 Å². The van der Waals surface area contributed by atoms with Gasteiger partial charge in [0.25, 0.3) is 0 Å². The van der Waals surface area contributed by atoms with Crippen molar-refractivity contribution in [3.05, 3.63) is 71.8 Å². The minimum atomic E-state index is -0.458. The highest BCUT2D eigenvalue weighted by molar-refractivity contribution is 6.02. The third-order valence-electron chi connectivity index (χ3n) is 5.11. The van der Waals surface area contributed by atoms with Gasteiger partial charge in [0.1, 0.15) is 11.5 Å². The minimum absolute atomic E-state index is 0.143. The molecule has 2 aromatic carbocycles. The summed E-state index contributed by atoms with van der Waals surface area (Å²) in [6, 6.07) is 7.51. The molecular weight excluding hydrogens is 340 g/mol. The molecule has 0 heterocycles. The van der Waals surface area contributed by atoms with Gasteiger partial charge in [0, 0.05) is 44.9 Å². The SMILES string of the molecule is C=C(C)C(=O)Oc1c2c(c(OC(=O)C(=C)C)c3ccccc13)C1C=CC2C1. The van der Waals surface area contributed by atoms with Crippen molar-refractivity contribution in [2.45, 2.75) is 32.1 Å². The molecule has 0 radical (unpaired) electrons. The molecule has 0 amide bonds. The zero-order chi connectivity index (χ0) is 19.3. The van der Waals surface area contributed by atoms with Crippen LogP contribution in [0.1, 0.15) is 43.2 Å². The van der Waals surface area contributed by atoms with Crippen LogP contribution < -0.4 is 9.47 Å². The van der Waals surface area contributed by atoms with Crippen molar-refractivity contribution in [1.82, 2.24) is 0 Å². The molecule has 4 nitrogen and oxygen atoms in total. The first-order valence-corrected chi connectivity index (χ1v) is 8.90. The van der Waals surface area contributed by atoms with Crippen LogP contribution >= 0.6 is 0 Å². The third-order valence-corrected chi connectivity index (χ3v) is 5.11. The number of allylic oxidation sites excluding steroid dienone is 2. The minimum Gasteiger partial charge on any atom is -0.422 e. The topological polar surface area (TPSA) is 52.6 Å². The molecule has 2 unspecified atom stereocenters. The van der Waals surface area contributed by atoms with E-state index in [1.54, 1.807) is 13.8 Å². The average molecular weight is 360 g/mol. The van der Waals surface area contributed by atoms with Crippen LogP contribution in [-0.4, -0.2) is 11.9 Å². The lowest BCUT2D eigenvalue weighted by atomic mass is 9.90. The summed E-state index contributed by atoms with van der Waals surface area (Å²) < 4.78 is 11.5. The van der Waals surface area contributed by atoms with Gasteiger partial charge in [0.15, 0.2) is 0 Å². The lowest BCUT2D eigenvalue weighted by Crippen LogP contribution is -2.14. The Balaban J connectivity index is 1.99. The molecule has 2 aliphatic carbocycles. The van der Waals surface area contributed by atoms with Gasteiger partial charge in [-0.15, -0.1) is 0 Å². The number of ether oxygens (including phenoxy) is 2. The van der Waals surface area contributed by atoms with Crippen molar-refractivity contribution in [2.75, 3.05) is 0 Å². The van der Waals surface area contributed by atoms with Crippen molar-refractivity contribution in [2.24, 2.45) is 0 Å². The lowest BCUT2D eigenvalue weighted by molar-refractivity contribution is -0.131. The smallest absolute Gasteiger partial charge is 0.338 e. The van der Waals surface area contributed by atoms with Gasteiger partial charge in [-0.1, -0.05) is 49.6 Å². The standard InChI is InChI=1S/C23H20O4/c1-12(2)22(24)26-20-16-7-5-6-8-17(16)21(27-23(25)13(3)4)19-15-10-9-14(11-15)18(19)20/h5-10,14-15H,1,3,11H2,2,4H3. The van der Waals surface area contributed by atoms with Gasteiger partial charge in [-0.2, -0.15) is 0 Å². The number of fused-ring (bicyclic) bond motifs is 6. The number of benzene rings is 2. The summed E-state index contributed by atoms with van der Waals surface area (Å²) in [4.78, 5) is 24.6. The predicted octanol–water partition coefficient (Wildman–Crippen LogP) is 4.94. The molecule has 0 N–H and O–H groups in total. The third kappa shape index (κ3) is 2.69. The van der Waals surface area contributed by atoms with Crippen LogP contribution in [0.3, 0.4) is 0 Å². The lowest BCUT2D eigenvalue weighted by Gasteiger charge is -2.22. The number of hydrogen-bond donors (Lipinski definition) is 0. The molecule has 4 heteroatoms. The highest BCUT2D eigenvalue weighted by Gasteiger charge is 2.40. The maximum atomic E-state index is 12.3. The number of carbonyl (C=O) groups excluding carboxylic acids is 2. The van der Waals surface area contributed by atoms with E-state index in [2.05, 4.69) is 25.3 Å². The van der Waals surface area contributed by atoms with Gasteiger partial charge in [-0.05, 0) is 20.3 Å². The zero-order valence-corrected chi connectivity index (χ0v) is 15.4. The number of rotatable bonds is 4. The Labute approximate surface area is 157 Å². The predicted molar refractivity (Wildman–Crippen MR) is 104 cm³/mol. The summed E-state index contributed by atoms with van der Waals surface area (Å²) in [6.45, 7) is 10.6. The molecule has 0 saturated carbocycles. The monoisotopic (exact) mass is 360 g/mol. The summed E-state index contributed by atoms with van der Waals surface area (Å²) in [5.41, 5.74) is 2.54. The zero-order valence-electron chi connectivity index (χ0n) is 15.4. The Morgan fingerprint density at radius 2 is 1.26 bits per heavy atom. The molecular formula is C23H20O4. The highest BCUT2D eigenvalue weighted by Crippen LogP contribution is 2.58. The fourth-order valence-corrected chi connectivity index (χ4v) is 3.86. The van der Waals surface area contributed by atoms with Gasteiger partial charge in [-0.3, -0.25) is 0 Å². The van der Waals surface area contributed by atoms with Gasteiger partial charge in [-0.25, -0.2) is 9.59 Å². The van der Waals surface area contributed by atoms with Crippen molar-refractivity contribution in [1.29, 1.82) is 0 Å². The van der Waals surface area contributed by atoms with Gasteiger partial charge in [0.05, 0.1) is 0 Å². The van der Waals surface area contributed by atoms with Gasteiger partial charge >= 0.3 is 11.9 Å². The first kappa shape index (κ1) is 17.3.